The van der Waals surface area contributed by atoms with Crippen LogP contribution in [0.2, 0.25) is 0 Å². The average molecular weight is 499 g/mol. The van der Waals surface area contributed by atoms with E-state index in [9.17, 15) is 14.9 Å². The lowest BCUT2D eigenvalue weighted by Gasteiger charge is -2.35. The second-order valence-electron chi connectivity index (χ2n) is 5.98. The fraction of sp³-hybridized carbons (Fsp3) is 0.278. The topological polar surface area (TPSA) is 75.9 Å². The summed E-state index contributed by atoms with van der Waals surface area (Å²) in [6, 6.07) is 12.2. The maximum atomic E-state index is 12.4. The van der Waals surface area contributed by atoms with Gasteiger partial charge in [-0.3, -0.25) is 14.9 Å². The van der Waals surface area contributed by atoms with Crippen LogP contribution in [0.15, 0.2) is 51.4 Å². The fourth-order valence-electron chi connectivity index (χ4n) is 2.91. The number of nitrogens with zero attached hydrogens (tertiary/aromatic N) is 3. The lowest BCUT2D eigenvalue weighted by atomic mass is 10.2. The van der Waals surface area contributed by atoms with Crippen LogP contribution in [0.25, 0.3) is 0 Å². The SMILES string of the molecule is O=C(COc1ccc(Br)cc1Br)N1CCN(c2ccccc2[N+](=O)[O-])CC1. The fourth-order valence-corrected chi connectivity index (χ4v) is 4.07. The third-order valence-corrected chi connectivity index (χ3v) is 5.41. The Balaban J connectivity index is 1.56. The zero-order valence-electron chi connectivity index (χ0n) is 14.3. The van der Waals surface area contributed by atoms with Gasteiger partial charge in [0.1, 0.15) is 11.4 Å². The van der Waals surface area contributed by atoms with Crippen molar-refractivity contribution in [3.8, 4) is 5.75 Å². The molecule has 1 heterocycles. The van der Waals surface area contributed by atoms with Crippen LogP contribution < -0.4 is 9.64 Å². The van der Waals surface area contributed by atoms with E-state index in [2.05, 4.69) is 31.9 Å². The van der Waals surface area contributed by atoms with Gasteiger partial charge in [0, 0.05) is 36.7 Å². The molecule has 9 heteroatoms. The number of hydrogen-bond donors (Lipinski definition) is 0. The summed E-state index contributed by atoms with van der Waals surface area (Å²) in [5, 5.41) is 11.2. The van der Waals surface area contributed by atoms with Crippen molar-refractivity contribution in [2.45, 2.75) is 0 Å². The van der Waals surface area contributed by atoms with Gasteiger partial charge in [0.25, 0.3) is 11.6 Å². The molecule has 0 saturated carbocycles. The van der Waals surface area contributed by atoms with Gasteiger partial charge in [0.2, 0.25) is 0 Å². The molecule has 0 unspecified atom stereocenters. The van der Waals surface area contributed by atoms with Gasteiger partial charge in [-0.25, -0.2) is 0 Å². The summed E-state index contributed by atoms with van der Waals surface area (Å²) in [4.78, 5) is 26.9. The minimum atomic E-state index is -0.378. The Labute approximate surface area is 173 Å². The van der Waals surface area contributed by atoms with Gasteiger partial charge in [-0.05, 0) is 40.2 Å². The number of nitro benzene ring substituents is 1. The summed E-state index contributed by atoms with van der Waals surface area (Å²) in [7, 11) is 0. The van der Waals surface area contributed by atoms with Gasteiger partial charge in [0.15, 0.2) is 6.61 Å². The molecule has 0 spiro atoms. The third kappa shape index (κ3) is 4.78. The lowest BCUT2D eigenvalue weighted by Crippen LogP contribution is -2.50. The van der Waals surface area contributed by atoms with Gasteiger partial charge in [-0.1, -0.05) is 28.1 Å². The molecule has 2 aromatic rings. The Morgan fingerprint density at radius 3 is 2.48 bits per heavy atom. The Bertz CT molecular complexity index is 854. The van der Waals surface area contributed by atoms with Crippen molar-refractivity contribution < 1.29 is 14.5 Å². The van der Waals surface area contributed by atoms with Crippen molar-refractivity contribution in [1.29, 1.82) is 0 Å². The highest BCUT2D eigenvalue weighted by atomic mass is 79.9. The number of halogens is 2. The van der Waals surface area contributed by atoms with Crippen molar-refractivity contribution in [2.75, 3.05) is 37.7 Å². The van der Waals surface area contributed by atoms with Crippen LogP contribution in [0.5, 0.6) is 5.75 Å². The van der Waals surface area contributed by atoms with E-state index >= 15 is 0 Å². The van der Waals surface area contributed by atoms with Crippen molar-refractivity contribution in [3.63, 3.8) is 0 Å². The van der Waals surface area contributed by atoms with Gasteiger partial charge in [-0.2, -0.15) is 0 Å². The molecule has 1 aliphatic rings. The molecular formula is C18H17Br2N3O4. The smallest absolute Gasteiger partial charge is 0.292 e. The van der Waals surface area contributed by atoms with E-state index in [1.807, 2.05) is 17.0 Å². The molecule has 0 aromatic heterocycles. The predicted molar refractivity (Wildman–Crippen MR) is 109 cm³/mol. The van der Waals surface area contributed by atoms with E-state index in [0.29, 0.717) is 37.6 Å². The molecule has 2 aromatic carbocycles. The first kappa shape index (κ1) is 19.6. The molecule has 27 heavy (non-hydrogen) atoms. The highest BCUT2D eigenvalue weighted by Crippen LogP contribution is 2.29. The molecule has 0 atom stereocenters. The van der Waals surface area contributed by atoms with E-state index < -0.39 is 0 Å². The molecule has 7 nitrogen and oxygen atoms in total. The molecule has 1 saturated heterocycles. The molecule has 3 rings (SSSR count). The van der Waals surface area contributed by atoms with Gasteiger partial charge < -0.3 is 14.5 Å². The largest absolute Gasteiger partial charge is 0.483 e. The quantitative estimate of drug-likeness (QED) is 0.462. The first-order chi connectivity index (χ1) is 13.0. The lowest BCUT2D eigenvalue weighted by molar-refractivity contribution is -0.384. The Kier molecular flexibility index (Phi) is 6.33. The van der Waals surface area contributed by atoms with Crippen LogP contribution in [-0.4, -0.2) is 48.5 Å². The monoisotopic (exact) mass is 497 g/mol. The highest BCUT2D eigenvalue weighted by Gasteiger charge is 2.25. The average Bonchev–Trinajstić information content (AvgIpc) is 2.67. The number of piperazine rings is 1. The zero-order valence-corrected chi connectivity index (χ0v) is 17.5. The first-order valence-corrected chi connectivity index (χ1v) is 9.88. The molecule has 0 aliphatic carbocycles. The van der Waals surface area contributed by atoms with E-state index in [1.54, 1.807) is 29.2 Å². The summed E-state index contributed by atoms with van der Waals surface area (Å²) in [6.45, 7) is 2.02. The van der Waals surface area contributed by atoms with Crippen LogP contribution in [0.4, 0.5) is 11.4 Å². The minimum Gasteiger partial charge on any atom is -0.483 e. The number of ether oxygens (including phenoxy) is 1. The van der Waals surface area contributed by atoms with E-state index in [-0.39, 0.29) is 23.1 Å². The normalized spacial score (nSPS) is 14.1. The van der Waals surface area contributed by atoms with Crippen LogP contribution in [0.3, 0.4) is 0 Å². The number of carbonyl (C=O) groups is 1. The van der Waals surface area contributed by atoms with Crippen LogP contribution in [-0.2, 0) is 4.79 Å². The second kappa shape index (κ2) is 8.71. The first-order valence-electron chi connectivity index (χ1n) is 8.29. The van der Waals surface area contributed by atoms with Crippen molar-refractivity contribution >= 4 is 49.1 Å². The summed E-state index contributed by atoms with van der Waals surface area (Å²) >= 11 is 6.77. The molecular weight excluding hydrogens is 482 g/mol. The number of nitro groups is 1. The van der Waals surface area contributed by atoms with Crippen molar-refractivity contribution in [3.05, 3.63) is 61.5 Å². The molecule has 142 valence electrons. The Morgan fingerprint density at radius 2 is 1.81 bits per heavy atom. The number of benzene rings is 2. The standard InChI is InChI=1S/C18H17Br2N3O4/c19-13-5-6-17(14(20)11-13)27-12-18(24)22-9-7-21(8-10-22)15-3-1-2-4-16(15)23(25)26/h1-6,11H,7-10,12H2. The number of carbonyl (C=O) groups excluding carboxylic acids is 1. The van der Waals surface area contributed by atoms with Gasteiger partial charge in [0.05, 0.1) is 9.40 Å². The van der Waals surface area contributed by atoms with Gasteiger partial charge in [-0.15, -0.1) is 0 Å². The summed E-state index contributed by atoms with van der Waals surface area (Å²) < 4.78 is 7.29. The van der Waals surface area contributed by atoms with Crippen LogP contribution >= 0.6 is 31.9 Å². The summed E-state index contributed by atoms with van der Waals surface area (Å²) in [5.41, 5.74) is 0.672. The van der Waals surface area contributed by atoms with Gasteiger partial charge >= 0.3 is 0 Å². The van der Waals surface area contributed by atoms with Crippen LogP contribution in [0.1, 0.15) is 0 Å². The number of hydrogen-bond acceptors (Lipinski definition) is 5. The molecule has 0 bridgehead atoms. The van der Waals surface area contributed by atoms with Crippen molar-refractivity contribution in [1.82, 2.24) is 4.90 Å². The second-order valence-corrected chi connectivity index (χ2v) is 7.75. The highest BCUT2D eigenvalue weighted by molar-refractivity contribution is 9.11. The maximum Gasteiger partial charge on any atom is 0.292 e. The summed E-state index contributed by atoms with van der Waals surface area (Å²) in [6.07, 6.45) is 0. The minimum absolute atomic E-state index is 0.0499. The maximum absolute atomic E-state index is 12.4. The Morgan fingerprint density at radius 1 is 1.11 bits per heavy atom. The molecule has 0 radical (unpaired) electrons. The third-order valence-electron chi connectivity index (χ3n) is 4.30. The van der Waals surface area contributed by atoms with Crippen molar-refractivity contribution in [2.24, 2.45) is 0 Å². The number of rotatable bonds is 5. The molecule has 1 fully saturated rings. The molecule has 1 amide bonds. The number of anilines is 1. The zero-order chi connectivity index (χ0) is 19.4. The predicted octanol–water partition coefficient (Wildman–Crippen LogP) is 3.85. The van der Waals surface area contributed by atoms with Crippen LogP contribution in [0, 0.1) is 10.1 Å². The number of amides is 1. The molecule has 1 aliphatic heterocycles. The number of para-hydroxylation sites is 2. The molecule has 0 N–H and O–H groups in total. The summed E-state index contributed by atoms with van der Waals surface area (Å²) in [5.74, 6) is 0.497. The Hall–Kier alpha value is -2.13. The van der Waals surface area contributed by atoms with E-state index in [4.69, 9.17) is 4.74 Å². The van der Waals surface area contributed by atoms with E-state index in [0.717, 1.165) is 8.95 Å². The van der Waals surface area contributed by atoms with E-state index in [1.165, 1.54) is 6.07 Å².